The largest absolute Gasteiger partial charge is 0.374 e. The van der Waals surface area contributed by atoms with Crippen molar-refractivity contribution in [1.29, 1.82) is 0 Å². The number of halogens is 1. The molecule has 1 aromatic heterocycles. The van der Waals surface area contributed by atoms with Gasteiger partial charge in [-0.2, -0.15) is 0 Å². The van der Waals surface area contributed by atoms with Crippen LogP contribution in [0, 0.1) is 0 Å². The number of para-hydroxylation sites is 1. The van der Waals surface area contributed by atoms with Gasteiger partial charge >= 0.3 is 0 Å². The van der Waals surface area contributed by atoms with Crippen LogP contribution >= 0.6 is 0 Å². The van der Waals surface area contributed by atoms with Gasteiger partial charge in [0.1, 0.15) is 5.83 Å². The number of carbonyl (C=O) groups is 1. The summed E-state index contributed by atoms with van der Waals surface area (Å²) in [6.07, 6.45) is 6.49. The first-order chi connectivity index (χ1) is 17.1. The van der Waals surface area contributed by atoms with Crippen molar-refractivity contribution < 1.29 is 9.18 Å². The molecule has 3 N–H and O–H groups in total. The Bertz CT molecular complexity index is 1370. The molecular weight excluding hydrogens is 441 g/mol. The molecule has 3 aromatic rings. The van der Waals surface area contributed by atoms with Gasteiger partial charge in [0.25, 0.3) is 5.91 Å². The Labute approximate surface area is 203 Å². The number of nitrogens with zero attached hydrogens (tertiary/aromatic N) is 2. The summed E-state index contributed by atoms with van der Waals surface area (Å²) in [6, 6.07) is 15.5. The van der Waals surface area contributed by atoms with E-state index in [2.05, 4.69) is 50.3 Å². The van der Waals surface area contributed by atoms with Crippen LogP contribution in [0.1, 0.15) is 34.5 Å². The molecule has 5 rings (SSSR count). The number of aromatic amines is 1. The summed E-state index contributed by atoms with van der Waals surface area (Å²) in [5, 5.41) is 7.26. The predicted molar refractivity (Wildman–Crippen MR) is 140 cm³/mol. The fourth-order valence-corrected chi connectivity index (χ4v) is 4.44. The van der Waals surface area contributed by atoms with Gasteiger partial charge in [-0.15, -0.1) is 0 Å². The number of H-pyrrole nitrogens is 1. The molecule has 0 spiro atoms. The number of aliphatic imine (C=N–C) groups is 1. The third-order valence-corrected chi connectivity index (χ3v) is 6.34. The van der Waals surface area contributed by atoms with Crippen molar-refractivity contribution in [2.45, 2.75) is 12.8 Å². The first-order valence-corrected chi connectivity index (χ1v) is 11.9. The zero-order valence-corrected chi connectivity index (χ0v) is 19.5. The van der Waals surface area contributed by atoms with Crippen LogP contribution in [0.3, 0.4) is 0 Å². The minimum Gasteiger partial charge on any atom is -0.374 e. The van der Waals surface area contributed by atoms with E-state index < -0.39 is 0 Å². The molecule has 2 aliphatic rings. The SMILES string of the molecule is C=C(c1ccc2[nH]c(C3=CCCC(F)=C3)cc2c1)N1CCN/C=N/c2ccccc2C(=O)NCC1. The molecule has 1 amide bonds. The Morgan fingerprint density at radius 3 is 2.83 bits per heavy atom. The fourth-order valence-electron chi connectivity index (χ4n) is 4.44. The zero-order valence-electron chi connectivity index (χ0n) is 19.5. The number of carbonyl (C=O) groups excluding carboxylic acids is 1. The molecule has 0 unspecified atom stereocenters. The summed E-state index contributed by atoms with van der Waals surface area (Å²) in [4.78, 5) is 22.6. The first kappa shape index (κ1) is 22.7. The summed E-state index contributed by atoms with van der Waals surface area (Å²) >= 11 is 0. The summed E-state index contributed by atoms with van der Waals surface area (Å²) in [5.41, 5.74) is 5.86. The molecule has 0 fully saturated rings. The normalized spacial score (nSPS) is 17.7. The van der Waals surface area contributed by atoms with Crippen LogP contribution < -0.4 is 10.6 Å². The van der Waals surface area contributed by atoms with Gasteiger partial charge in [0.2, 0.25) is 0 Å². The van der Waals surface area contributed by atoms with Crippen LogP contribution in [-0.4, -0.2) is 48.3 Å². The van der Waals surface area contributed by atoms with E-state index in [1.54, 1.807) is 18.5 Å². The van der Waals surface area contributed by atoms with Crippen molar-refractivity contribution in [3.05, 3.63) is 89.9 Å². The Morgan fingerprint density at radius 1 is 1.09 bits per heavy atom. The van der Waals surface area contributed by atoms with Crippen LogP contribution in [0.15, 0.2) is 78.1 Å². The molecule has 7 heteroatoms. The van der Waals surface area contributed by atoms with Gasteiger partial charge in [-0.1, -0.05) is 30.9 Å². The van der Waals surface area contributed by atoms with E-state index >= 15 is 0 Å². The van der Waals surface area contributed by atoms with E-state index in [9.17, 15) is 9.18 Å². The fraction of sp³-hybridized carbons (Fsp3) is 0.214. The first-order valence-electron chi connectivity index (χ1n) is 11.9. The van der Waals surface area contributed by atoms with E-state index in [4.69, 9.17) is 0 Å². The Balaban J connectivity index is 1.34. The number of benzene rings is 2. The molecule has 2 heterocycles. The van der Waals surface area contributed by atoms with Gasteiger partial charge in [-0.3, -0.25) is 4.79 Å². The van der Waals surface area contributed by atoms with Crippen molar-refractivity contribution in [3.8, 4) is 0 Å². The number of fused-ring (bicyclic) bond motifs is 2. The molecule has 2 aromatic carbocycles. The Hall–Kier alpha value is -4.13. The molecule has 0 atom stereocenters. The smallest absolute Gasteiger partial charge is 0.253 e. The molecule has 1 aliphatic carbocycles. The number of amides is 1. The van der Waals surface area contributed by atoms with Crippen LogP contribution in [0.4, 0.5) is 10.1 Å². The van der Waals surface area contributed by atoms with Gasteiger partial charge in [-0.25, -0.2) is 9.38 Å². The van der Waals surface area contributed by atoms with Gasteiger partial charge in [0.05, 0.1) is 17.6 Å². The second-order valence-corrected chi connectivity index (χ2v) is 8.69. The Kier molecular flexibility index (Phi) is 6.48. The van der Waals surface area contributed by atoms with Gasteiger partial charge < -0.3 is 20.5 Å². The number of allylic oxidation sites excluding steroid dienone is 4. The second kappa shape index (κ2) is 10.0. The number of aromatic nitrogens is 1. The second-order valence-electron chi connectivity index (χ2n) is 8.69. The highest BCUT2D eigenvalue weighted by atomic mass is 19.1. The standard InChI is InChI=1S/C28H28FN5O/c1-19(20-9-10-25-22(15-20)17-27(33-25)21-5-4-6-23(29)16-21)34-13-11-30-18-32-26-8-3-2-7-24(26)28(35)31-12-14-34/h2-3,5,7-10,15-18,33H,1,4,6,11-14H2,(H,30,32)(H,31,35). The number of nitrogens with one attached hydrogen (secondary N) is 3. The van der Waals surface area contributed by atoms with E-state index in [0.29, 0.717) is 50.3 Å². The third kappa shape index (κ3) is 5.04. The molecule has 1 aliphatic heterocycles. The van der Waals surface area contributed by atoms with Crippen molar-refractivity contribution >= 4 is 40.1 Å². The highest BCUT2D eigenvalue weighted by Gasteiger charge is 2.15. The minimum absolute atomic E-state index is 0.0836. The van der Waals surface area contributed by atoms with Crippen LogP contribution in [0.2, 0.25) is 0 Å². The average Bonchev–Trinajstić information content (AvgIpc) is 3.30. The molecule has 0 saturated carbocycles. The van der Waals surface area contributed by atoms with Gasteiger partial charge in [0, 0.05) is 54.9 Å². The van der Waals surface area contributed by atoms with Gasteiger partial charge in [-0.05, 0) is 54.0 Å². The van der Waals surface area contributed by atoms with Gasteiger partial charge in [0.15, 0.2) is 0 Å². The summed E-state index contributed by atoms with van der Waals surface area (Å²) in [5.74, 6) is -0.229. The summed E-state index contributed by atoms with van der Waals surface area (Å²) in [7, 11) is 0. The van der Waals surface area contributed by atoms with E-state index in [1.807, 2.05) is 30.3 Å². The number of rotatable bonds is 3. The van der Waals surface area contributed by atoms with Crippen molar-refractivity contribution in [2.75, 3.05) is 26.2 Å². The summed E-state index contributed by atoms with van der Waals surface area (Å²) < 4.78 is 13.8. The molecule has 178 valence electrons. The lowest BCUT2D eigenvalue weighted by molar-refractivity contribution is 0.0952. The highest BCUT2D eigenvalue weighted by Crippen LogP contribution is 2.29. The Morgan fingerprint density at radius 2 is 1.94 bits per heavy atom. The molecule has 0 saturated heterocycles. The average molecular weight is 470 g/mol. The molecule has 35 heavy (non-hydrogen) atoms. The number of hydrogen-bond acceptors (Lipinski definition) is 4. The van der Waals surface area contributed by atoms with Crippen LogP contribution in [-0.2, 0) is 0 Å². The van der Waals surface area contributed by atoms with Crippen LogP contribution in [0.25, 0.3) is 22.2 Å². The molecule has 6 nitrogen and oxygen atoms in total. The van der Waals surface area contributed by atoms with Crippen molar-refractivity contribution in [1.82, 2.24) is 20.5 Å². The third-order valence-electron chi connectivity index (χ3n) is 6.34. The van der Waals surface area contributed by atoms with E-state index in [1.165, 1.54) is 0 Å². The number of hydrogen-bond donors (Lipinski definition) is 3. The van der Waals surface area contributed by atoms with Crippen LogP contribution in [0.5, 0.6) is 0 Å². The van der Waals surface area contributed by atoms with Crippen molar-refractivity contribution in [2.24, 2.45) is 4.99 Å². The monoisotopic (exact) mass is 469 g/mol. The minimum atomic E-state index is -0.146. The molecule has 0 bridgehead atoms. The lowest BCUT2D eigenvalue weighted by atomic mass is 10.0. The molecule has 0 radical (unpaired) electrons. The van der Waals surface area contributed by atoms with E-state index in [0.717, 1.165) is 33.4 Å². The summed E-state index contributed by atoms with van der Waals surface area (Å²) in [6.45, 7) is 6.85. The molecular formula is C28H28FN5O. The lowest BCUT2D eigenvalue weighted by Gasteiger charge is -2.27. The predicted octanol–water partition coefficient (Wildman–Crippen LogP) is 5.16. The quantitative estimate of drug-likeness (QED) is 0.496. The maximum absolute atomic E-state index is 13.8. The maximum Gasteiger partial charge on any atom is 0.253 e. The van der Waals surface area contributed by atoms with Crippen molar-refractivity contribution in [3.63, 3.8) is 0 Å². The highest BCUT2D eigenvalue weighted by molar-refractivity contribution is 5.99. The topological polar surface area (TPSA) is 72.5 Å². The maximum atomic E-state index is 13.8. The zero-order chi connectivity index (χ0) is 24.2. The van der Waals surface area contributed by atoms with E-state index in [-0.39, 0.29) is 11.7 Å². The lowest BCUT2D eigenvalue weighted by Crippen LogP contribution is -2.37.